The van der Waals surface area contributed by atoms with Gasteiger partial charge in [-0.25, -0.2) is 9.37 Å². The molecule has 0 saturated carbocycles. The van der Waals surface area contributed by atoms with E-state index >= 15 is 0 Å². The average Bonchev–Trinajstić information content (AvgIpc) is 3.14. The summed E-state index contributed by atoms with van der Waals surface area (Å²) >= 11 is 0. The summed E-state index contributed by atoms with van der Waals surface area (Å²) in [5, 5.41) is 2.85. The van der Waals surface area contributed by atoms with Gasteiger partial charge < -0.3 is 14.5 Å². The summed E-state index contributed by atoms with van der Waals surface area (Å²) in [7, 11) is 1.61. The molecule has 3 rings (SSSR count). The molecule has 1 heterocycles. The van der Waals surface area contributed by atoms with Gasteiger partial charge in [0.2, 0.25) is 5.91 Å². The third-order valence-corrected chi connectivity index (χ3v) is 3.91. The lowest BCUT2D eigenvalue weighted by molar-refractivity contribution is -0.121. The van der Waals surface area contributed by atoms with Gasteiger partial charge in [-0.05, 0) is 29.8 Å². The van der Waals surface area contributed by atoms with Crippen LogP contribution in [0.3, 0.4) is 0 Å². The molecule has 0 atom stereocenters. The third-order valence-electron chi connectivity index (χ3n) is 3.91. The monoisotopic (exact) mass is 354 g/mol. The molecule has 0 spiro atoms. The fourth-order valence-electron chi connectivity index (χ4n) is 2.46. The van der Waals surface area contributed by atoms with Gasteiger partial charge in [-0.1, -0.05) is 24.3 Å². The van der Waals surface area contributed by atoms with Crippen LogP contribution in [0.5, 0.6) is 5.75 Å². The van der Waals surface area contributed by atoms with Gasteiger partial charge in [-0.2, -0.15) is 0 Å². The number of carbonyl (C=O) groups is 1. The lowest BCUT2D eigenvalue weighted by Crippen LogP contribution is -2.23. The molecule has 2 aromatic carbocycles. The Kier molecular flexibility index (Phi) is 5.63. The van der Waals surface area contributed by atoms with E-state index in [1.807, 2.05) is 24.3 Å². The molecule has 0 unspecified atom stereocenters. The van der Waals surface area contributed by atoms with Crippen molar-refractivity contribution >= 4 is 5.91 Å². The second kappa shape index (κ2) is 8.29. The highest BCUT2D eigenvalue weighted by Gasteiger charge is 2.11. The van der Waals surface area contributed by atoms with Gasteiger partial charge in [0.1, 0.15) is 11.6 Å². The van der Waals surface area contributed by atoms with Crippen molar-refractivity contribution in [3.05, 3.63) is 72.0 Å². The minimum Gasteiger partial charge on any atom is -0.497 e. The maximum absolute atomic E-state index is 13.7. The number of aryl methyl sites for hydroxylation is 1. The number of rotatable bonds is 7. The Morgan fingerprint density at radius 3 is 2.69 bits per heavy atom. The van der Waals surface area contributed by atoms with Gasteiger partial charge in [0.25, 0.3) is 0 Å². The van der Waals surface area contributed by atoms with E-state index < -0.39 is 0 Å². The van der Waals surface area contributed by atoms with Crippen molar-refractivity contribution in [2.45, 2.75) is 19.4 Å². The Balaban J connectivity index is 1.49. The zero-order valence-electron chi connectivity index (χ0n) is 14.4. The normalized spacial score (nSPS) is 10.5. The smallest absolute Gasteiger partial charge is 0.220 e. The molecule has 1 amide bonds. The quantitative estimate of drug-likeness (QED) is 0.702. The van der Waals surface area contributed by atoms with Crippen LogP contribution < -0.4 is 10.1 Å². The van der Waals surface area contributed by atoms with Gasteiger partial charge in [0.15, 0.2) is 11.7 Å². The largest absolute Gasteiger partial charge is 0.497 e. The van der Waals surface area contributed by atoms with Crippen LogP contribution in [0.2, 0.25) is 0 Å². The van der Waals surface area contributed by atoms with Crippen molar-refractivity contribution in [3.63, 3.8) is 0 Å². The third kappa shape index (κ3) is 4.47. The van der Waals surface area contributed by atoms with Gasteiger partial charge in [-0.3, -0.25) is 4.79 Å². The van der Waals surface area contributed by atoms with Gasteiger partial charge in [0, 0.05) is 19.4 Å². The molecule has 6 heteroatoms. The fourth-order valence-corrected chi connectivity index (χ4v) is 2.46. The Bertz CT molecular complexity index is 875. The summed E-state index contributed by atoms with van der Waals surface area (Å²) in [6, 6.07) is 13.8. The van der Waals surface area contributed by atoms with Crippen molar-refractivity contribution in [3.8, 4) is 17.1 Å². The van der Waals surface area contributed by atoms with Crippen LogP contribution in [0.25, 0.3) is 11.3 Å². The second-order valence-corrected chi connectivity index (χ2v) is 5.72. The van der Waals surface area contributed by atoms with Crippen LogP contribution in [0.1, 0.15) is 17.9 Å². The Morgan fingerprint density at radius 2 is 1.96 bits per heavy atom. The Hall–Kier alpha value is -3.15. The van der Waals surface area contributed by atoms with Gasteiger partial charge in [0.05, 0.1) is 18.9 Å². The lowest BCUT2D eigenvalue weighted by atomic mass is 10.2. The molecule has 1 N–H and O–H groups in total. The summed E-state index contributed by atoms with van der Waals surface area (Å²) in [6.07, 6.45) is 2.07. The number of halogens is 1. The standard InChI is InChI=1S/C20H19FN2O3/c1-25-15-8-6-14(7-9-15)12-22-19(24)10-11-20-23-13-18(26-20)16-4-2-3-5-17(16)21/h2-9,13H,10-12H2,1H3,(H,22,24). The number of aromatic nitrogens is 1. The SMILES string of the molecule is COc1ccc(CNC(=O)CCc2ncc(-c3ccccc3F)o2)cc1. The molecule has 0 fully saturated rings. The molecule has 1 aromatic heterocycles. The summed E-state index contributed by atoms with van der Waals surface area (Å²) < 4.78 is 24.4. The number of oxazole rings is 1. The predicted octanol–water partition coefficient (Wildman–Crippen LogP) is 3.74. The van der Waals surface area contributed by atoms with E-state index in [0.29, 0.717) is 30.2 Å². The maximum atomic E-state index is 13.7. The molecule has 3 aromatic rings. The predicted molar refractivity (Wildman–Crippen MR) is 95.1 cm³/mol. The summed E-state index contributed by atoms with van der Waals surface area (Å²) in [5.41, 5.74) is 1.34. The first-order chi connectivity index (χ1) is 12.7. The number of nitrogens with one attached hydrogen (secondary N) is 1. The topological polar surface area (TPSA) is 64.4 Å². The van der Waals surface area contributed by atoms with Gasteiger partial charge in [-0.15, -0.1) is 0 Å². The highest BCUT2D eigenvalue weighted by molar-refractivity contribution is 5.76. The summed E-state index contributed by atoms with van der Waals surface area (Å²) in [6.45, 7) is 0.439. The van der Waals surface area contributed by atoms with Crippen molar-refractivity contribution in [1.29, 1.82) is 0 Å². The zero-order valence-corrected chi connectivity index (χ0v) is 14.4. The highest BCUT2D eigenvalue weighted by atomic mass is 19.1. The van der Waals surface area contributed by atoms with Crippen molar-refractivity contribution in [2.24, 2.45) is 0 Å². The molecule has 5 nitrogen and oxygen atoms in total. The van der Waals surface area contributed by atoms with E-state index in [1.54, 1.807) is 25.3 Å². The Morgan fingerprint density at radius 1 is 1.19 bits per heavy atom. The van der Waals surface area contributed by atoms with E-state index in [1.165, 1.54) is 12.3 Å². The molecular formula is C20H19FN2O3. The molecule has 0 aliphatic heterocycles. The van der Waals surface area contributed by atoms with Crippen molar-refractivity contribution in [2.75, 3.05) is 7.11 Å². The summed E-state index contributed by atoms with van der Waals surface area (Å²) in [4.78, 5) is 16.1. The van der Waals surface area contributed by atoms with Crippen LogP contribution in [0.4, 0.5) is 4.39 Å². The van der Waals surface area contributed by atoms with E-state index in [0.717, 1.165) is 11.3 Å². The van der Waals surface area contributed by atoms with Crippen molar-refractivity contribution < 1.29 is 18.3 Å². The number of hydrogen-bond donors (Lipinski definition) is 1. The maximum Gasteiger partial charge on any atom is 0.220 e. The Labute approximate surface area is 150 Å². The first kappa shape index (κ1) is 17.7. The first-order valence-corrected chi connectivity index (χ1v) is 8.25. The number of nitrogens with zero attached hydrogens (tertiary/aromatic N) is 1. The highest BCUT2D eigenvalue weighted by Crippen LogP contribution is 2.23. The van der Waals surface area contributed by atoms with Gasteiger partial charge >= 0.3 is 0 Å². The van der Waals surface area contributed by atoms with Crippen LogP contribution in [-0.4, -0.2) is 18.0 Å². The number of ether oxygens (including phenoxy) is 1. The molecule has 0 saturated heterocycles. The van der Waals surface area contributed by atoms with E-state index in [4.69, 9.17) is 9.15 Å². The minimum absolute atomic E-state index is 0.105. The molecule has 0 aliphatic rings. The number of methoxy groups -OCH3 is 1. The number of carbonyl (C=O) groups excluding carboxylic acids is 1. The zero-order chi connectivity index (χ0) is 18.4. The minimum atomic E-state index is -0.368. The van der Waals surface area contributed by atoms with Crippen LogP contribution in [-0.2, 0) is 17.8 Å². The molecule has 0 bridgehead atoms. The summed E-state index contributed by atoms with van der Waals surface area (Å²) in [5.74, 6) is 1.06. The molecule has 0 radical (unpaired) electrons. The average molecular weight is 354 g/mol. The molecular weight excluding hydrogens is 335 g/mol. The lowest BCUT2D eigenvalue weighted by Gasteiger charge is -2.05. The molecule has 0 aliphatic carbocycles. The van der Waals surface area contributed by atoms with Crippen LogP contribution in [0.15, 0.2) is 59.1 Å². The fraction of sp³-hybridized carbons (Fsp3) is 0.200. The number of hydrogen-bond acceptors (Lipinski definition) is 4. The van der Waals surface area contributed by atoms with E-state index in [-0.39, 0.29) is 18.1 Å². The number of amides is 1. The van der Waals surface area contributed by atoms with E-state index in [9.17, 15) is 9.18 Å². The van der Waals surface area contributed by atoms with Crippen LogP contribution in [0, 0.1) is 5.82 Å². The van der Waals surface area contributed by atoms with Crippen molar-refractivity contribution in [1.82, 2.24) is 10.3 Å². The number of benzene rings is 2. The molecule has 26 heavy (non-hydrogen) atoms. The van der Waals surface area contributed by atoms with Crippen LogP contribution >= 0.6 is 0 Å². The second-order valence-electron chi connectivity index (χ2n) is 5.72. The molecule has 134 valence electrons. The first-order valence-electron chi connectivity index (χ1n) is 8.25. The van der Waals surface area contributed by atoms with E-state index in [2.05, 4.69) is 10.3 Å².